The average molecular weight is 333 g/mol. The maximum absolute atomic E-state index is 12.2. The molecule has 1 heterocycles. The highest BCUT2D eigenvalue weighted by molar-refractivity contribution is 7.87. The van der Waals surface area contributed by atoms with Gasteiger partial charge in [0.25, 0.3) is 10.2 Å². The number of aliphatic hydroxyl groups is 1. The van der Waals surface area contributed by atoms with Crippen molar-refractivity contribution in [1.82, 2.24) is 9.03 Å². The molecule has 1 fully saturated rings. The second kappa shape index (κ2) is 7.56. The number of aliphatic hydroxyl groups excluding tert-OH is 1. The zero-order chi connectivity index (χ0) is 15.3. The monoisotopic (exact) mass is 332 g/mol. The minimum Gasteiger partial charge on any atom is -0.387 e. The van der Waals surface area contributed by atoms with Crippen molar-refractivity contribution in [2.45, 2.75) is 31.8 Å². The van der Waals surface area contributed by atoms with Gasteiger partial charge in [0.2, 0.25) is 0 Å². The summed E-state index contributed by atoms with van der Waals surface area (Å²) < 4.78 is 28.4. The lowest BCUT2D eigenvalue weighted by Gasteiger charge is -2.21. The minimum atomic E-state index is -3.52. The first-order valence-corrected chi connectivity index (χ1v) is 8.99. The van der Waals surface area contributed by atoms with E-state index in [1.165, 1.54) is 4.31 Å². The Hall–Kier alpha value is -0.660. The lowest BCUT2D eigenvalue weighted by molar-refractivity contribution is 0.181. The van der Waals surface area contributed by atoms with Gasteiger partial charge in [-0.25, -0.2) is 0 Å². The van der Waals surface area contributed by atoms with E-state index in [1.54, 1.807) is 24.3 Å². The van der Waals surface area contributed by atoms with E-state index in [9.17, 15) is 13.5 Å². The van der Waals surface area contributed by atoms with Gasteiger partial charge in [-0.3, -0.25) is 0 Å². The van der Waals surface area contributed by atoms with Crippen LogP contribution in [0.4, 0.5) is 0 Å². The number of benzene rings is 1. The van der Waals surface area contributed by atoms with Crippen molar-refractivity contribution >= 4 is 21.8 Å². The van der Waals surface area contributed by atoms with E-state index in [1.807, 2.05) is 0 Å². The molecule has 1 aromatic carbocycles. The summed E-state index contributed by atoms with van der Waals surface area (Å²) in [7, 11) is -3.52. The first kappa shape index (κ1) is 16.7. The zero-order valence-corrected chi connectivity index (χ0v) is 13.4. The molecule has 0 radical (unpaired) electrons. The third kappa shape index (κ3) is 4.93. The molecule has 2 rings (SSSR count). The van der Waals surface area contributed by atoms with Crippen LogP contribution in [0.5, 0.6) is 0 Å². The van der Waals surface area contributed by atoms with Crippen molar-refractivity contribution in [2.24, 2.45) is 0 Å². The predicted molar refractivity (Wildman–Crippen MR) is 83.4 cm³/mol. The van der Waals surface area contributed by atoms with Crippen molar-refractivity contribution in [3.8, 4) is 0 Å². The van der Waals surface area contributed by atoms with E-state index in [4.69, 9.17) is 11.6 Å². The van der Waals surface area contributed by atoms with Gasteiger partial charge in [-0.15, -0.1) is 0 Å². The van der Waals surface area contributed by atoms with Crippen LogP contribution in [0.15, 0.2) is 24.3 Å². The lowest BCUT2D eigenvalue weighted by atomic mass is 10.1. The summed E-state index contributed by atoms with van der Waals surface area (Å²) in [5.41, 5.74) is 0.637. The largest absolute Gasteiger partial charge is 0.387 e. The second-order valence-electron chi connectivity index (χ2n) is 5.23. The van der Waals surface area contributed by atoms with Gasteiger partial charge in [-0.1, -0.05) is 36.6 Å². The van der Waals surface area contributed by atoms with Crippen LogP contribution < -0.4 is 4.72 Å². The van der Waals surface area contributed by atoms with E-state index in [0.29, 0.717) is 23.7 Å². The second-order valence-corrected chi connectivity index (χ2v) is 7.43. The highest BCUT2D eigenvalue weighted by atomic mass is 35.5. The van der Waals surface area contributed by atoms with Crippen molar-refractivity contribution in [3.63, 3.8) is 0 Å². The highest BCUT2D eigenvalue weighted by Crippen LogP contribution is 2.17. The predicted octanol–water partition coefficient (Wildman–Crippen LogP) is 2.08. The molecule has 0 aliphatic carbocycles. The number of hydrogen-bond acceptors (Lipinski definition) is 3. The fraction of sp³-hybridized carbons (Fsp3) is 0.571. The van der Waals surface area contributed by atoms with Gasteiger partial charge >= 0.3 is 0 Å². The molecule has 5 nitrogen and oxygen atoms in total. The summed E-state index contributed by atoms with van der Waals surface area (Å²) in [6.07, 6.45) is 3.03. The van der Waals surface area contributed by atoms with Crippen LogP contribution in [-0.4, -0.2) is 37.5 Å². The van der Waals surface area contributed by atoms with E-state index >= 15 is 0 Å². The Kier molecular flexibility index (Phi) is 6.01. The summed E-state index contributed by atoms with van der Waals surface area (Å²) in [6.45, 7) is 1.05. The standard InChI is InChI=1S/C14H21ClN2O3S/c15-13-7-5-12(6-8-13)14(18)11-16-21(19,20)17-9-3-1-2-4-10-17/h5-8,14,16,18H,1-4,9-11H2. The van der Waals surface area contributed by atoms with Crippen molar-refractivity contribution < 1.29 is 13.5 Å². The number of hydrogen-bond donors (Lipinski definition) is 2. The molecule has 0 amide bonds. The molecule has 0 saturated carbocycles. The molecular formula is C14H21ClN2O3S. The molecule has 118 valence electrons. The van der Waals surface area contributed by atoms with Crippen LogP contribution in [0.2, 0.25) is 5.02 Å². The normalized spacial score (nSPS) is 19.1. The average Bonchev–Trinajstić information content (AvgIpc) is 2.75. The van der Waals surface area contributed by atoms with Gasteiger partial charge < -0.3 is 5.11 Å². The van der Waals surface area contributed by atoms with Crippen molar-refractivity contribution in [2.75, 3.05) is 19.6 Å². The van der Waals surface area contributed by atoms with E-state index < -0.39 is 16.3 Å². The molecule has 0 spiro atoms. The summed E-state index contributed by atoms with van der Waals surface area (Å²) in [6, 6.07) is 6.72. The number of nitrogens with zero attached hydrogens (tertiary/aromatic N) is 1. The number of halogens is 1. The third-order valence-corrected chi connectivity index (χ3v) is 5.45. The van der Waals surface area contributed by atoms with Crippen LogP contribution in [0.25, 0.3) is 0 Å². The molecule has 1 saturated heterocycles. The maximum atomic E-state index is 12.2. The zero-order valence-electron chi connectivity index (χ0n) is 11.8. The molecule has 0 bridgehead atoms. The molecule has 1 unspecified atom stereocenters. The van der Waals surface area contributed by atoms with Crippen LogP contribution in [0, 0.1) is 0 Å². The summed E-state index contributed by atoms with van der Waals surface area (Å²) in [5.74, 6) is 0. The molecule has 21 heavy (non-hydrogen) atoms. The fourth-order valence-corrected chi connectivity index (χ4v) is 3.78. The Morgan fingerprint density at radius 1 is 1.14 bits per heavy atom. The molecule has 2 N–H and O–H groups in total. The van der Waals surface area contributed by atoms with Crippen LogP contribution in [0.1, 0.15) is 37.4 Å². The molecule has 1 aliphatic heterocycles. The topological polar surface area (TPSA) is 69.6 Å². The Bertz CT molecular complexity index is 540. The van der Waals surface area contributed by atoms with Gasteiger partial charge in [0.05, 0.1) is 6.10 Å². The molecule has 0 aromatic heterocycles. The van der Waals surface area contributed by atoms with E-state index in [0.717, 1.165) is 25.7 Å². The van der Waals surface area contributed by atoms with Crippen LogP contribution in [0.3, 0.4) is 0 Å². The number of rotatable bonds is 5. The molecule has 7 heteroatoms. The van der Waals surface area contributed by atoms with E-state index in [-0.39, 0.29) is 6.54 Å². The fourth-order valence-electron chi connectivity index (χ4n) is 2.36. The maximum Gasteiger partial charge on any atom is 0.279 e. The van der Waals surface area contributed by atoms with Gasteiger partial charge in [-0.2, -0.15) is 17.4 Å². The third-order valence-electron chi connectivity index (χ3n) is 3.62. The van der Waals surface area contributed by atoms with Crippen molar-refractivity contribution in [1.29, 1.82) is 0 Å². The van der Waals surface area contributed by atoms with E-state index in [2.05, 4.69) is 4.72 Å². The molecule has 1 atom stereocenters. The quantitative estimate of drug-likeness (QED) is 0.867. The van der Waals surface area contributed by atoms with Gasteiger partial charge in [-0.05, 0) is 30.5 Å². The van der Waals surface area contributed by atoms with Gasteiger partial charge in [0.1, 0.15) is 0 Å². The first-order chi connectivity index (χ1) is 9.99. The van der Waals surface area contributed by atoms with Crippen LogP contribution in [-0.2, 0) is 10.2 Å². The molecular weight excluding hydrogens is 312 g/mol. The SMILES string of the molecule is O=S(=O)(NCC(O)c1ccc(Cl)cc1)N1CCCCCC1. The molecule has 1 aromatic rings. The molecule has 1 aliphatic rings. The first-order valence-electron chi connectivity index (χ1n) is 7.17. The Balaban J connectivity index is 1.92. The van der Waals surface area contributed by atoms with Crippen molar-refractivity contribution in [3.05, 3.63) is 34.9 Å². The van der Waals surface area contributed by atoms with Gasteiger partial charge in [0.15, 0.2) is 0 Å². The minimum absolute atomic E-state index is 0.0412. The Morgan fingerprint density at radius 2 is 1.71 bits per heavy atom. The Morgan fingerprint density at radius 3 is 2.29 bits per heavy atom. The smallest absolute Gasteiger partial charge is 0.279 e. The van der Waals surface area contributed by atoms with Gasteiger partial charge in [0, 0.05) is 24.7 Å². The summed E-state index contributed by atoms with van der Waals surface area (Å²) >= 11 is 5.78. The lowest BCUT2D eigenvalue weighted by Crippen LogP contribution is -2.42. The highest BCUT2D eigenvalue weighted by Gasteiger charge is 2.23. The summed E-state index contributed by atoms with van der Waals surface area (Å²) in [4.78, 5) is 0. The Labute approximate surface area is 131 Å². The summed E-state index contributed by atoms with van der Waals surface area (Å²) in [5, 5.41) is 10.6. The van der Waals surface area contributed by atoms with Crippen LogP contribution >= 0.6 is 11.6 Å². The number of nitrogens with one attached hydrogen (secondary N) is 1.